The summed E-state index contributed by atoms with van der Waals surface area (Å²) in [6.07, 6.45) is 44.0. The van der Waals surface area contributed by atoms with Crippen molar-refractivity contribution in [1.29, 1.82) is 0 Å². The van der Waals surface area contributed by atoms with E-state index in [1.807, 2.05) is 0 Å². The van der Waals surface area contributed by atoms with E-state index in [1.165, 1.54) is 168 Å². The highest BCUT2D eigenvalue weighted by Gasteiger charge is 2.48. The largest absolute Gasteiger partial charge is 0.458 e. The number of carbonyl (C=O) groups is 13. The van der Waals surface area contributed by atoms with Crippen molar-refractivity contribution in [2.75, 3.05) is 65.4 Å². The third kappa shape index (κ3) is 76.6. The van der Waals surface area contributed by atoms with Crippen LogP contribution in [-0.2, 0) is 100 Å². The molecule has 34 nitrogen and oxygen atoms in total. The van der Waals surface area contributed by atoms with Gasteiger partial charge in [0, 0.05) is 94.4 Å². The van der Waals surface area contributed by atoms with Gasteiger partial charge in [-0.15, -0.1) is 0 Å². The molecule has 0 aromatic rings. The quantitative estimate of drug-likeness (QED) is 0.0117. The maximum Gasteiger partial charge on any atom is 0.376 e. The Morgan fingerprint density at radius 1 is 0.271 bits per heavy atom. The molecule has 38 heteroatoms. The van der Waals surface area contributed by atoms with E-state index in [4.69, 9.17) is 37.9 Å². The first kappa shape index (κ1) is 133. The fourth-order valence-corrected chi connectivity index (χ4v) is 17.6. The number of ether oxygens (including phenoxy) is 8. The highest BCUT2D eigenvalue weighted by molar-refractivity contribution is 6.46. The van der Waals surface area contributed by atoms with Crippen LogP contribution in [0.4, 0.5) is 0 Å². The summed E-state index contributed by atoms with van der Waals surface area (Å²) < 4.78 is 43.0. The standard InChI is InChI=1S/C102H193B4N9O25/c1-15-90(133-80(3)116)94(135-82(5)118)96(137-84(7)120)98(139-86(9)122)101(127)108-71-60-54-49-45-41-37-33-29-25-21-17-19-23-27-31-35-39-43-47-51-58-68-92(124)110-77-89(100(126)107-70-62-56-53-57-67-88(78-114(105(13)131)75-65-63-73-111-103(11)129)79-115(106(14)132)76-66-64-74-112-104(12)130)113-93(125)69-59-52-48-44-40-36-32-28-24-20-18-22-26-30-34-38-42-46-50-55-61-72-109-102(128)99(140-87(10)123)97(138-85(8)121)95(136-83(6)119)91(16-2)134-81(4)117/h88-91,94-99,111-112,129-132H,15-79H2,1-14H3,(H,107,126)(H,108,127)(H,109,128)(H,110,124)(H,113,125)/t89?,90-,91+,94+,95-,96-,97+,98+,99-/m1/s1. The zero-order chi connectivity index (χ0) is 104. The van der Waals surface area contributed by atoms with Gasteiger partial charge in [0.2, 0.25) is 29.9 Å². The van der Waals surface area contributed by atoms with E-state index in [1.54, 1.807) is 41.1 Å². The molecule has 0 aliphatic heterocycles. The van der Waals surface area contributed by atoms with E-state index in [2.05, 4.69) is 46.7 Å². The molecule has 5 amide bonds. The normalized spacial score (nSPS) is 13.3. The van der Waals surface area contributed by atoms with E-state index in [-0.39, 0.29) is 56.1 Å². The van der Waals surface area contributed by atoms with Gasteiger partial charge in [-0.1, -0.05) is 277 Å². The SMILES string of the molecule is CC[C@H](OC(C)=O)[C@@H](OC(C)=O)[C@H](OC(C)=O)[C@@H](OC(C)=O)C(=O)NCCCCCCCCCCCCCCCCCCCCCCCC(=O)NC(CNC(=O)CCCCCCCCCCCCCCCCCCCCCCCNC(=O)[C@@H](OC(C)=O)[C@H](OC(C)=O)[C@@H](OC(C)=O)[C@@H](CC)OC(C)=O)C(=O)NCCCCCCC(CN(CCCCNB(C)O)B(C)O)CN(CCCCNB(C)O)B(C)O. The number of unbranched alkanes of at least 4 members (excludes halogenated alkanes) is 45. The monoisotopic (exact) mass is 1990 g/mol. The maximum atomic E-state index is 13.9. The summed E-state index contributed by atoms with van der Waals surface area (Å²) in [4.78, 5) is 169. The summed E-state index contributed by atoms with van der Waals surface area (Å²) in [6, 6.07) is -0.905. The van der Waals surface area contributed by atoms with Crippen molar-refractivity contribution in [2.45, 2.75) is 505 Å². The van der Waals surface area contributed by atoms with E-state index < -0.39 is 143 Å². The number of esters is 8. The Labute approximate surface area is 844 Å². The van der Waals surface area contributed by atoms with Crippen molar-refractivity contribution in [2.24, 2.45) is 5.92 Å². The zero-order valence-electron chi connectivity index (χ0n) is 89.3. The van der Waals surface area contributed by atoms with E-state index in [0.717, 1.165) is 202 Å². The van der Waals surface area contributed by atoms with Gasteiger partial charge in [-0.25, -0.2) is 0 Å². The summed E-state index contributed by atoms with van der Waals surface area (Å²) in [7, 11) is -2.47. The minimum absolute atomic E-state index is 0.0118. The molecule has 0 rings (SSSR count). The fraction of sp³-hybridized carbons (Fsp3) is 0.873. The first-order valence-electron chi connectivity index (χ1n) is 54.5. The van der Waals surface area contributed by atoms with Crippen LogP contribution in [0.25, 0.3) is 0 Å². The summed E-state index contributed by atoms with van der Waals surface area (Å²) in [5.41, 5.74) is 0. The molecule has 0 heterocycles. The van der Waals surface area contributed by atoms with Crippen LogP contribution in [0.3, 0.4) is 0 Å². The van der Waals surface area contributed by atoms with Gasteiger partial charge in [-0.3, -0.25) is 62.3 Å². The van der Waals surface area contributed by atoms with Gasteiger partial charge >= 0.3 is 76.0 Å². The lowest BCUT2D eigenvalue weighted by molar-refractivity contribution is -0.199. The molecule has 11 N–H and O–H groups in total. The molecule has 0 radical (unpaired) electrons. The van der Waals surface area contributed by atoms with Gasteiger partial charge in [-0.05, 0) is 150 Å². The zero-order valence-corrected chi connectivity index (χ0v) is 89.3. The molecule has 0 bridgehead atoms. The molecule has 0 aromatic carbocycles. The number of hydrogen-bond acceptors (Lipinski definition) is 29. The van der Waals surface area contributed by atoms with Crippen LogP contribution in [0.5, 0.6) is 0 Å². The number of carbonyl (C=O) groups excluding carboxylic acids is 13. The minimum atomic E-state index is -1.67. The average molecular weight is 1990 g/mol. The first-order valence-corrected chi connectivity index (χ1v) is 54.5. The molecule has 140 heavy (non-hydrogen) atoms. The molecule has 0 aromatic heterocycles. The molecule has 0 aliphatic carbocycles. The lowest BCUT2D eigenvalue weighted by atomic mass is 9.80. The second-order valence-electron chi connectivity index (χ2n) is 38.6. The third-order valence-electron chi connectivity index (χ3n) is 25.1. The van der Waals surface area contributed by atoms with Gasteiger partial charge in [0.25, 0.3) is 11.8 Å². The summed E-state index contributed by atoms with van der Waals surface area (Å²) in [5.74, 6) is -8.11. The molecule has 0 spiro atoms. The van der Waals surface area contributed by atoms with Crippen LogP contribution in [0.15, 0.2) is 0 Å². The Bertz CT molecular complexity index is 3240. The molecule has 1 unspecified atom stereocenters. The second kappa shape index (κ2) is 88.5. The molecular weight excluding hydrogens is 1790 g/mol. The van der Waals surface area contributed by atoms with Crippen molar-refractivity contribution >= 4 is 105 Å². The molecule has 0 fully saturated rings. The van der Waals surface area contributed by atoms with Gasteiger partial charge in [0.15, 0.2) is 24.4 Å². The van der Waals surface area contributed by atoms with E-state index in [9.17, 15) is 82.4 Å². The number of hydrogen-bond donors (Lipinski definition) is 11. The van der Waals surface area contributed by atoms with Gasteiger partial charge < -0.3 is 105 Å². The van der Waals surface area contributed by atoms with Crippen molar-refractivity contribution in [1.82, 2.24) is 46.7 Å². The maximum absolute atomic E-state index is 13.9. The van der Waals surface area contributed by atoms with Crippen molar-refractivity contribution < 1.29 is 120 Å². The van der Waals surface area contributed by atoms with E-state index in [0.29, 0.717) is 71.5 Å². The minimum Gasteiger partial charge on any atom is -0.458 e. The van der Waals surface area contributed by atoms with Crippen molar-refractivity contribution in [3.05, 3.63) is 0 Å². The van der Waals surface area contributed by atoms with Crippen LogP contribution >= 0.6 is 0 Å². The Kier molecular flexibility index (Phi) is 84.1. The Morgan fingerprint density at radius 3 is 0.779 bits per heavy atom. The predicted octanol–water partition coefficient (Wildman–Crippen LogP) is 14.7. The van der Waals surface area contributed by atoms with Crippen LogP contribution in [0.2, 0.25) is 27.3 Å². The molecule has 0 aliphatic rings. The lowest BCUT2D eigenvalue weighted by Gasteiger charge is -2.34. The molecular formula is C102H193B4N9O25. The number of nitrogens with zero attached hydrogens (tertiary/aromatic N) is 2. The van der Waals surface area contributed by atoms with Gasteiger partial charge in [-0.2, -0.15) is 0 Å². The summed E-state index contributed by atoms with van der Waals surface area (Å²) >= 11 is 0. The second-order valence-corrected chi connectivity index (χ2v) is 38.6. The van der Waals surface area contributed by atoms with Crippen LogP contribution in [0, 0.1) is 5.92 Å². The first-order chi connectivity index (χ1) is 67.0. The Hall–Kier alpha value is -6.95. The van der Waals surface area contributed by atoms with Crippen molar-refractivity contribution in [3.8, 4) is 0 Å². The predicted molar refractivity (Wildman–Crippen MR) is 552 cm³/mol. The Morgan fingerprint density at radius 2 is 0.514 bits per heavy atom. The molecule has 0 saturated carbocycles. The van der Waals surface area contributed by atoms with Crippen molar-refractivity contribution in [3.63, 3.8) is 0 Å². The van der Waals surface area contributed by atoms with Gasteiger partial charge in [0.1, 0.15) is 18.2 Å². The smallest absolute Gasteiger partial charge is 0.376 e. The number of rotatable bonds is 95. The topological polar surface area (TPSA) is 467 Å². The summed E-state index contributed by atoms with van der Waals surface area (Å²) in [6.45, 7) is 24.4. The molecule has 0 saturated heterocycles. The van der Waals surface area contributed by atoms with Gasteiger partial charge in [0.05, 0.1) is 0 Å². The Balaban J connectivity index is 5.10. The number of amides is 5. The van der Waals surface area contributed by atoms with Crippen LogP contribution in [-0.4, -0.2) is 256 Å². The highest BCUT2D eigenvalue weighted by atomic mass is 16.6. The average Bonchev–Trinajstić information content (AvgIpc) is 0.823. The molecule has 808 valence electrons. The highest BCUT2D eigenvalue weighted by Crippen LogP contribution is 2.27. The fourth-order valence-electron chi connectivity index (χ4n) is 17.6. The summed E-state index contributed by atoms with van der Waals surface area (Å²) in [5, 5.41) is 61.8. The third-order valence-corrected chi connectivity index (χ3v) is 25.1. The molecule has 9 atom stereocenters. The van der Waals surface area contributed by atoms with Crippen LogP contribution in [0.1, 0.15) is 422 Å². The van der Waals surface area contributed by atoms with Crippen LogP contribution < -0.4 is 37.0 Å². The number of nitrogens with one attached hydrogen (secondary N) is 7. The van der Waals surface area contributed by atoms with E-state index >= 15 is 0 Å². The lowest BCUT2D eigenvalue weighted by Crippen LogP contribution is -2.56.